The molecule has 1 aromatic heterocycles. The standard InChI is InChI=1S/C20H20N2O5S/c1-13-6-7-15(12-16(13)20(23)24)28(25,26)22-10-8-14(9-11-22)19-21-17-4-2-3-5-18(17)27-19/h2-7,12,14H,8-11H2,1H3,(H,23,24). The van der Waals surface area contributed by atoms with Crippen LogP contribution in [0.1, 0.15) is 40.6 Å². The molecule has 28 heavy (non-hydrogen) atoms. The molecule has 0 atom stereocenters. The molecular formula is C20H20N2O5S. The highest BCUT2D eigenvalue weighted by Crippen LogP contribution is 2.32. The Morgan fingerprint density at radius 1 is 1.18 bits per heavy atom. The van der Waals surface area contributed by atoms with Gasteiger partial charge >= 0.3 is 5.97 Å². The Hall–Kier alpha value is -2.71. The van der Waals surface area contributed by atoms with Gasteiger partial charge in [-0.2, -0.15) is 4.31 Å². The summed E-state index contributed by atoms with van der Waals surface area (Å²) in [4.78, 5) is 15.9. The minimum atomic E-state index is -3.75. The highest BCUT2D eigenvalue weighted by atomic mass is 32.2. The number of aryl methyl sites for hydroxylation is 1. The van der Waals surface area contributed by atoms with Crippen molar-refractivity contribution in [2.75, 3.05) is 13.1 Å². The molecule has 0 unspecified atom stereocenters. The summed E-state index contributed by atoms with van der Waals surface area (Å²) in [7, 11) is -3.75. The van der Waals surface area contributed by atoms with E-state index in [1.807, 2.05) is 24.3 Å². The lowest BCUT2D eigenvalue weighted by Gasteiger charge is -2.29. The predicted molar refractivity (Wildman–Crippen MR) is 103 cm³/mol. The number of aromatic carboxylic acids is 1. The first-order chi connectivity index (χ1) is 13.4. The molecule has 2 heterocycles. The third-order valence-corrected chi connectivity index (χ3v) is 7.09. The average molecular weight is 400 g/mol. The fourth-order valence-electron chi connectivity index (χ4n) is 3.55. The number of aromatic nitrogens is 1. The molecule has 0 amide bonds. The normalized spacial score (nSPS) is 16.5. The second-order valence-corrected chi connectivity index (χ2v) is 8.92. The second-order valence-electron chi connectivity index (χ2n) is 6.98. The molecule has 1 fully saturated rings. The van der Waals surface area contributed by atoms with Crippen LogP contribution in [-0.2, 0) is 10.0 Å². The molecule has 3 aromatic rings. The molecule has 1 N–H and O–H groups in total. The van der Waals surface area contributed by atoms with E-state index in [0.29, 0.717) is 37.4 Å². The number of carbonyl (C=O) groups is 1. The van der Waals surface area contributed by atoms with Crippen LogP contribution < -0.4 is 0 Å². The molecule has 0 spiro atoms. The van der Waals surface area contributed by atoms with E-state index in [4.69, 9.17) is 4.42 Å². The van der Waals surface area contributed by atoms with Gasteiger partial charge in [0.15, 0.2) is 11.5 Å². The Morgan fingerprint density at radius 3 is 2.57 bits per heavy atom. The molecule has 1 aliphatic rings. The van der Waals surface area contributed by atoms with Crippen LogP contribution in [0.25, 0.3) is 11.1 Å². The first kappa shape index (κ1) is 18.6. The van der Waals surface area contributed by atoms with E-state index >= 15 is 0 Å². The SMILES string of the molecule is Cc1ccc(S(=O)(=O)N2CCC(c3nc4ccccc4o3)CC2)cc1C(=O)O. The first-order valence-corrected chi connectivity index (χ1v) is 10.5. The van der Waals surface area contributed by atoms with Gasteiger partial charge in [-0.15, -0.1) is 0 Å². The number of nitrogens with zero attached hydrogens (tertiary/aromatic N) is 2. The predicted octanol–water partition coefficient (Wildman–Crippen LogP) is 3.40. The molecule has 7 nitrogen and oxygen atoms in total. The van der Waals surface area contributed by atoms with Crippen LogP contribution in [0.3, 0.4) is 0 Å². The zero-order valence-corrected chi connectivity index (χ0v) is 16.1. The molecule has 146 valence electrons. The van der Waals surface area contributed by atoms with Gasteiger partial charge in [-0.05, 0) is 49.6 Å². The number of carboxylic acid groups (broad SMARTS) is 1. The van der Waals surface area contributed by atoms with Crippen molar-refractivity contribution in [1.29, 1.82) is 0 Å². The van der Waals surface area contributed by atoms with E-state index in [1.165, 1.54) is 22.5 Å². The smallest absolute Gasteiger partial charge is 0.335 e. The van der Waals surface area contributed by atoms with E-state index in [9.17, 15) is 18.3 Å². The van der Waals surface area contributed by atoms with E-state index < -0.39 is 16.0 Å². The van der Waals surface area contributed by atoms with Crippen LogP contribution in [0.4, 0.5) is 0 Å². The number of fused-ring (bicyclic) bond motifs is 1. The monoisotopic (exact) mass is 400 g/mol. The zero-order chi connectivity index (χ0) is 19.9. The summed E-state index contributed by atoms with van der Waals surface area (Å²) in [6, 6.07) is 11.8. The van der Waals surface area contributed by atoms with Gasteiger partial charge in [-0.3, -0.25) is 0 Å². The van der Waals surface area contributed by atoms with Crippen molar-refractivity contribution in [3.05, 3.63) is 59.5 Å². The Kier molecular flexibility index (Phi) is 4.68. The number of oxazole rings is 1. The van der Waals surface area contributed by atoms with E-state index in [-0.39, 0.29) is 16.4 Å². The lowest BCUT2D eigenvalue weighted by molar-refractivity contribution is 0.0696. The number of carboxylic acids is 1. The third-order valence-electron chi connectivity index (χ3n) is 5.19. The van der Waals surface area contributed by atoms with E-state index in [1.54, 1.807) is 6.92 Å². The summed E-state index contributed by atoms with van der Waals surface area (Å²) in [5.41, 5.74) is 2.06. The average Bonchev–Trinajstić information content (AvgIpc) is 3.12. The number of piperidine rings is 1. The van der Waals surface area contributed by atoms with Crippen molar-refractivity contribution in [2.45, 2.75) is 30.6 Å². The van der Waals surface area contributed by atoms with Gasteiger partial charge in [-0.1, -0.05) is 18.2 Å². The molecule has 4 rings (SSSR count). The van der Waals surface area contributed by atoms with Crippen molar-refractivity contribution in [3.63, 3.8) is 0 Å². The van der Waals surface area contributed by atoms with Crippen molar-refractivity contribution >= 4 is 27.1 Å². The lowest BCUT2D eigenvalue weighted by atomic mass is 9.98. The molecule has 0 radical (unpaired) electrons. The fourth-order valence-corrected chi connectivity index (χ4v) is 5.05. The number of sulfonamides is 1. The molecule has 8 heteroatoms. The third kappa shape index (κ3) is 3.29. The van der Waals surface area contributed by atoms with Crippen LogP contribution in [-0.4, -0.2) is 41.9 Å². The van der Waals surface area contributed by atoms with Gasteiger partial charge in [-0.25, -0.2) is 18.2 Å². The van der Waals surface area contributed by atoms with Gasteiger partial charge in [0.25, 0.3) is 0 Å². The number of benzene rings is 2. The summed E-state index contributed by atoms with van der Waals surface area (Å²) >= 11 is 0. The summed E-state index contributed by atoms with van der Waals surface area (Å²) in [6.07, 6.45) is 1.20. The second kappa shape index (κ2) is 7.03. The van der Waals surface area contributed by atoms with Crippen LogP contribution >= 0.6 is 0 Å². The maximum Gasteiger partial charge on any atom is 0.335 e. The minimum absolute atomic E-state index is 0.00226. The van der Waals surface area contributed by atoms with Crippen LogP contribution in [0.15, 0.2) is 51.8 Å². The zero-order valence-electron chi connectivity index (χ0n) is 15.3. The molecule has 0 saturated carbocycles. The Bertz CT molecular complexity index is 1110. The molecular weight excluding hydrogens is 380 g/mol. The van der Waals surface area contributed by atoms with Crippen molar-refractivity contribution in [3.8, 4) is 0 Å². The molecule has 0 bridgehead atoms. The highest BCUT2D eigenvalue weighted by molar-refractivity contribution is 7.89. The number of para-hydroxylation sites is 2. The maximum absolute atomic E-state index is 13.0. The largest absolute Gasteiger partial charge is 0.478 e. The van der Waals surface area contributed by atoms with Gasteiger partial charge in [0.1, 0.15) is 5.52 Å². The highest BCUT2D eigenvalue weighted by Gasteiger charge is 2.32. The Morgan fingerprint density at radius 2 is 1.89 bits per heavy atom. The van der Waals surface area contributed by atoms with Crippen molar-refractivity contribution < 1.29 is 22.7 Å². The Labute approximate surface area is 162 Å². The summed E-state index contributed by atoms with van der Waals surface area (Å²) in [5.74, 6) is -0.433. The molecule has 1 saturated heterocycles. The van der Waals surface area contributed by atoms with Gasteiger partial charge < -0.3 is 9.52 Å². The number of hydrogen-bond acceptors (Lipinski definition) is 5. The van der Waals surface area contributed by atoms with Crippen LogP contribution in [0.5, 0.6) is 0 Å². The number of rotatable bonds is 4. The summed E-state index contributed by atoms with van der Waals surface area (Å²) in [6.45, 7) is 2.32. The number of hydrogen-bond donors (Lipinski definition) is 1. The van der Waals surface area contributed by atoms with Crippen LogP contribution in [0.2, 0.25) is 0 Å². The minimum Gasteiger partial charge on any atom is -0.478 e. The first-order valence-electron chi connectivity index (χ1n) is 9.06. The lowest BCUT2D eigenvalue weighted by Crippen LogP contribution is -2.38. The maximum atomic E-state index is 13.0. The quantitative estimate of drug-likeness (QED) is 0.720. The summed E-state index contributed by atoms with van der Waals surface area (Å²) in [5, 5.41) is 9.26. The fraction of sp³-hybridized carbons (Fsp3) is 0.300. The molecule has 2 aromatic carbocycles. The Balaban J connectivity index is 1.52. The topological polar surface area (TPSA) is 101 Å². The van der Waals surface area contributed by atoms with Gasteiger partial charge in [0.05, 0.1) is 10.5 Å². The van der Waals surface area contributed by atoms with Crippen molar-refractivity contribution in [1.82, 2.24) is 9.29 Å². The van der Waals surface area contributed by atoms with Gasteiger partial charge in [0, 0.05) is 19.0 Å². The summed E-state index contributed by atoms with van der Waals surface area (Å²) < 4.78 is 33.1. The van der Waals surface area contributed by atoms with Crippen LogP contribution in [0, 0.1) is 6.92 Å². The van der Waals surface area contributed by atoms with E-state index in [0.717, 1.165) is 11.1 Å². The van der Waals surface area contributed by atoms with E-state index in [2.05, 4.69) is 4.98 Å². The van der Waals surface area contributed by atoms with Crippen molar-refractivity contribution in [2.24, 2.45) is 0 Å². The molecule has 0 aliphatic carbocycles. The van der Waals surface area contributed by atoms with Gasteiger partial charge in [0.2, 0.25) is 10.0 Å². The molecule has 1 aliphatic heterocycles.